The maximum Gasteiger partial charge on any atom is 1.00 e. The fourth-order valence-electron chi connectivity index (χ4n) is 2.36. The van der Waals surface area contributed by atoms with E-state index in [2.05, 4.69) is 19.1 Å². The van der Waals surface area contributed by atoms with E-state index in [1.165, 1.54) is 68.7 Å². The van der Waals surface area contributed by atoms with Crippen LogP contribution in [-0.4, -0.2) is 11.7 Å². The van der Waals surface area contributed by atoms with Crippen molar-refractivity contribution in [3.8, 4) is 0 Å². The summed E-state index contributed by atoms with van der Waals surface area (Å²) in [5, 5.41) is 10.4. The van der Waals surface area contributed by atoms with Gasteiger partial charge in [-0.25, -0.2) is 0 Å². The van der Waals surface area contributed by atoms with E-state index in [0.29, 0.717) is 0 Å². The molecule has 0 saturated carbocycles. The molecule has 0 atom stereocenters. The van der Waals surface area contributed by atoms with Crippen molar-refractivity contribution in [2.24, 2.45) is 0 Å². The van der Waals surface area contributed by atoms with Gasteiger partial charge in [-0.3, -0.25) is 0 Å². The van der Waals surface area contributed by atoms with Crippen molar-refractivity contribution in [1.82, 2.24) is 0 Å². The number of carbonyl (C=O) groups is 1. The normalized spacial score (nSPS) is 10.2. The molecule has 0 aromatic heterocycles. The van der Waals surface area contributed by atoms with Gasteiger partial charge < -0.3 is 9.90 Å². The van der Waals surface area contributed by atoms with Crippen molar-refractivity contribution < 1.29 is 39.5 Å². The molecular weight excluding hydrogens is 303 g/mol. The van der Waals surface area contributed by atoms with Crippen LogP contribution in [0.3, 0.4) is 0 Å². The van der Waals surface area contributed by atoms with Crippen molar-refractivity contribution in [3.63, 3.8) is 0 Å². The Labute approximate surface area is 161 Å². The molecule has 0 heterocycles. The molecule has 4 heteroatoms. The Morgan fingerprint density at radius 3 is 2.05 bits per heavy atom. The molecule has 0 fully saturated rings. The molecule has 0 bridgehead atoms. The van der Waals surface area contributed by atoms with Gasteiger partial charge in [0.2, 0.25) is 0 Å². The van der Waals surface area contributed by atoms with E-state index in [0.717, 1.165) is 11.3 Å². The van der Waals surface area contributed by atoms with Gasteiger partial charge >= 0.3 is 29.6 Å². The molecule has 0 amide bonds. The van der Waals surface area contributed by atoms with E-state index in [-0.39, 0.29) is 35.3 Å². The van der Waals surface area contributed by atoms with Crippen molar-refractivity contribution in [2.75, 3.05) is 5.75 Å². The molecule has 1 rings (SSSR count). The Balaban J connectivity index is 0.00000441. The minimum absolute atomic E-state index is 0. The van der Waals surface area contributed by atoms with Crippen LogP contribution in [0.15, 0.2) is 29.2 Å². The molecule has 0 aliphatic carbocycles. The molecule has 0 N–H and O–H groups in total. The van der Waals surface area contributed by atoms with Crippen molar-refractivity contribution >= 4 is 17.7 Å². The van der Waals surface area contributed by atoms with Gasteiger partial charge in [-0.1, -0.05) is 64.0 Å². The first-order valence-corrected chi connectivity index (χ1v) is 9.12. The molecule has 2 nitrogen and oxygen atoms in total. The molecule has 1 aromatic carbocycles. The van der Waals surface area contributed by atoms with E-state index in [9.17, 15) is 9.90 Å². The smallest absolute Gasteiger partial charge is 0.549 e. The monoisotopic (exact) mass is 330 g/mol. The quantitative estimate of drug-likeness (QED) is 0.329. The number of carbonyl (C=O) groups excluding carboxylic acids is 1. The van der Waals surface area contributed by atoms with E-state index < -0.39 is 5.97 Å². The molecular formula is C18H27NaO2S. The molecule has 0 saturated heterocycles. The predicted octanol–water partition coefficient (Wildman–Crippen LogP) is 1.22. The van der Waals surface area contributed by atoms with E-state index in [4.69, 9.17) is 0 Å². The molecule has 0 aliphatic heterocycles. The van der Waals surface area contributed by atoms with Crippen LogP contribution in [0.1, 0.15) is 63.9 Å². The van der Waals surface area contributed by atoms with E-state index in [1.54, 1.807) is 0 Å². The summed E-state index contributed by atoms with van der Waals surface area (Å²) >= 11 is 1.32. The number of thioether (sulfide) groups is 1. The summed E-state index contributed by atoms with van der Waals surface area (Å²) in [6.45, 7) is 2.25. The second-order valence-corrected chi connectivity index (χ2v) is 6.58. The van der Waals surface area contributed by atoms with Gasteiger partial charge in [-0.15, -0.1) is 11.8 Å². The molecule has 118 valence electrons. The van der Waals surface area contributed by atoms with Gasteiger partial charge in [0.15, 0.2) is 0 Å². The zero-order chi connectivity index (χ0) is 15.3. The van der Waals surface area contributed by atoms with E-state index in [1.807, 2.05) is 12.1 Å². The summed E-state index contributed by atoms with van der Waals surface area (Å²) in [4.78, 5) is 11.4. The second kappa shape index (κ2) is 14.6. The first-order chi connectivity index (χ1) is 10.2. The number of aryl methyl sites for hydroxylation is 1. The van der Waals surface area contributed by atoms with Crippen LogP contribution in [0.25, 0.3) is 0 Å². The van der Waals surface area contributed by atoms with Crippen molar-refractivity contribution in [1.29, 1.82) is 0 Å². The zero-order valence-electron chi connectivity index (χ0n) is 14.1. The molecule has 0 aliphatic rings. The molecule has 0 spiro atoms. The Morgan fingerprint density at radius 2 is 1.50 bits per heavy atom. The third-order valence-corrected chi connectivity index (χ3v) is 4.58. The minimum Gasteiger partial charge on any atom is -0.549 e. The summed E-state index contributed by atoms with van der Waals surface area (Å²) < 4.78 is 0. The average molecular weight is 330 g/mol. The minimum atomic E-state index is -1.01. The van der Waals surface area contributed by atoms with Gasteiger partial charge in [0.25, 0.3) is 0 Å². The molecule has 22 heavy (non-hydrogen) atoms. The first-order valence-electron chi connectivity index (χ1n) is 8.14. The maximum atomic E-state index is 10.4. The van der Waals surface area contributed by atoms with E-state index >= 15 is 0 Å². The largest absolute Gasteiger partial charge is 1.00 e. The van der Waals surface area contributed by atoms with Crippen LogP contribution in [0.2, 0.25) is 0 Å². The average Bonchev–Trinajstić information content (AvgIpc) is 2.49. The molecule has 0 unspecified atom stereocenters. The Morgan fingerprint density at radius 1 is 0.955 bits per heavy atom. The van der Waals surface area contributed by atoms with Crippen LogP contribution in [0, 0.1) is 0 Å². The zero-order valence-corrected chi connectivity index (χ0v) is 16.9. The Kier molecular flexibility index (Phi) is 14.6. The number of benzene rings is 1. The Hall–Kier alpha value is 0.0400. The predicted molar refractivity (Wildman–Crippen MR) is 88.5 cm³/mol. The first kappa shape index (κ1) is 22.0. The topological polar surface area (TPSA) is 40.1 Å². The number of unbranched alkanes of at least 4 members (excludes halogenated alkanes) is 7. The third-order valence-electron chi connectivity index (χ3n) is 3.60. The van der Waals surface area contributed by atoms with Gasteiger partial charge in [0, 0.05) is 10.6 Å². The molecule has 0 radical (unpaired) electrons. The van der Waals surface area contributed by atoms with Crippen LogP contribution in [0.4, 0.5) is 0 Å². The van der Waals surface area contributed by atoms with Crippen LogP contribution >= 0.6 is 11.8 Å². The van der Waals surface area contributed by atoms with Gasteiger partial charge in [0.05, 0.1) is 5.97 Å². The van der Waals surface area contributed by atoms with Crippen molar-refractivity contribution in [3.05, 3.63) is 29.8 Å². The SMILES string of the molecule is CCCCCCCCCCc1ccc(SCC(=O)[O-])cc1.[Na+]. The number of hydrogen-bond acceptors (Lipinski definition) is 3. The van der Waals surface area contributed by atoms with Crippen LogP contribution in [-0.2, 0) is 11.2 Å². The summed E-state index contributed by atoms with van der Waals surface area (Å²) in [5.41, 5.74) is 1.35. The van der Waals surface area contributed by atoms with Gasteiger partial charge in [-0.05, 0) is 30.5 Å². The second-order valence-electron chi connectivity index (χ2n) is 5.53. The van der Waals surface area contributed by atoms with Crippen molar-refractivity contribution in [2.45, 2.75) is 69.6 Å². The number of carboxylic acids is 1. The summed E-state index contributed by atoms with van der Waals surface area (Å²) in [6, 6.07) is 8.24. The summed E-state index contributed by atoms with van der Waals surface area (Å²) in [5.74, 6) is -0.986. The standard InChI is InChI=1S/C18H28O2S.Na/c1-2-3-4-5-6-7-8-9-10-16-11-13-17(14-12-16)21-15-18(19)20;/h11-14H,2-10,15H2,1H3,(H,19,20);/q;+1/p-1. The van der Waals surface area contributed by atoms with Gasteiger partial charge in [-0.2, -0.15) is 0 Å². The fraction of sp³-hybridized carbons (Fsp3) is 0.611. The summed E-state index contributed by atoms with van der Waals surface area (Å²) in [7, 11) is 0. The number of carboxylic acid groups (broad SMARTS) is 1. The summed E-state index contributed by atoms with van der Waals surface area (Å²) in [6.07, 6.45) is 11.9. The Bertz CT molecular complexity index is 393. The van der Waals surface area contributed by atoms with Gasteiger partial charge in [0.1, 0.15) is 0 Å². The van der Waals surface area contributed by atoms with Crippen LogP contribution in [0.5, 0.6) is 0 Å². The number of rotatable bonds is 12. The third kappa shape index (κ3) is 11.6. The molecule has 1 aromatic rings. The number of aliphatic carboxylic acids is 1. The van der Waals surface area contributed by atoms with Crippen LogP contribution < -0.4 is 34.7 Å². The maximum absolute atomic E-state index is 10.4. The fourth-order valence-corrected chi connectivity index (χ4v) is 2.97. The number of hydrogen-bond donors (Lipinski definition) is 0.